The summed E-state index contributed by atoms with van der Waals surface area (Å²) in [6, 6.07) is 0. The van der Waals surface area contributed by atoms with Crippen LogP contribution in [-0.4, -0.2) is 31.2 Å². The van der Waals surface area contributed by atoms with Gasteiger partial charge in [-0.25, -0.2) is 0 Å². The monoisotopic (exact) mass is 644 g/mol. The average Bonchev–Trinajstić information content (AvgIpc) is 2.67. The molecule has 1 rings (SSSR count). The molecule has 28 heavy (non-hydrogen) atoms. The van der Waals surface area contributed by atoms with E-state index >= 15 is 0 Å². The van der Waals surface area contributed by atoms with Crippen LogP contribution in [0.1, 0.15) is 130 Å². The van der Waals surface area contributed by atoms with Crippen LogP contribution in [0.4, 0.5) is 0 Å². The second-order valence-electron chi connectivity index (χ2n) is 9.27. The molecule has 0 radical (unpaired) electrons. The Morgan fingerprint density at radius 3 is 0.821 bits per heavy atom. The van der Waals surface area contributed by atoms with Gasteiger partial charge in [0, 0.05) is 0 Å². The zero-order valence-electron chi connectivity index (χ0n) is 20.0. The van der Waals surface area contributed by atoms with Crippen molar-refractivity contribution in [1.82, 2.24) is 0 Å². The first-order chi connectivity index (χ1) is 13.7. The van der Waals surface area contributed by atoms with Gasteiger partial charge in [0.2, 0.25) is 0 Å². The first-order valence-corrected chi connectivity index (χ1v) is 36.7. The predicted octanol–water partition coefficient (Wildman–Crippen LogP) is 10.7. The zero-order valence-corrected chi connectivity index (χ0v) is 27.3. The first-order valence-electron chi connectivity index (χ1n) is 13.1. The van der Waals surface area contributed by atoms with E-state index in [9.17, 15) is 0 Å². The second-order valence-corrected chi connectivity index (χ2v) is 77.2. The number of hydrogen-bond donors (Lipinski definition) is 0. The summed E-state index contributed by atoms with van der Waals surface area (Å²) in [4.78, 5) is 0. The van der Waals surface area contributed by atoms with Gasteiger partial charge in [0.1, 0.15) is 0 Å². The van der Waals surface area contributed by atoms with E-state index in [0.717, 1.165) is 0 Å². The van der Waals surface area contributed by atoms with Crippen molar-refractivity contribution < 1.29 is 0 Å². The summed E-state index contributed by atoms with van der Waals surface area (Å²) in [5.41, 5.74) is 0. The molecule has 1 saturated heterocycles. The summed E-state index contributed by atoms with van der Waals surface area (Å²) in [6.07, 6.45) is 29.8. The minimum absolute atomic E-state index is 1.40. The van der Waals surface area contributed by atoms with Crippen LogP contribution in [0.3, 0.4) is 0 Å². The molecule has 0 amide bonds. The van der Waals surface area contributed by atoms with Crippen LogP contribution in [-0.2, 0) is 0 Å². The van der Waals surface area contributed by atoms with Crippen LogP contribution in [0.5, 0.6) is 0 Å². The molecule has 0 spiro atoms. The Kier molecular flexibility index (Phi) is 18.0. The van der Waals surface area contributed by atoms with Gasteiger partial charge in [-0.05, 0) is 0 Å². The molecule has 1 fully saturated rings. The van der Waals surface area contributed by atoms with Gasteiger partial charge in [-0.3, -0.25) is 0 Å². The summed E-state index contributed by atoms with van der Waals surface area (Å²) in [5, 5.41) is 0. The van der Waals surface area contributed by atoms with Crippen molar-refractivity contribution in [3.8, 4) is 0 Å². The zero-order chi connectivity index (χ0) is 20.6. The summed E-state index contributed by atoms with van der Waals surface area (Å²) in [6.45, 7) is 9.46. The SMILES string of the molecule is CCCCC[CH2][Sn]1([CH2]CCCCC)[S][Sn]([CH2]CCCCC)([CH2]CCCCC)[S]1. The molecule has 0 aromatic heterocycles. The summed E-state index contributed by atoms with van der Waals surface area (Å²) in [5.74, 6) is 0. The van der Waals surface area contributed by atoms with E-state index in [0.29, 0.717) is 0 Å². The van der Waals surface area contributed by atoms with Crippen molar-refractivity contribution in [2.24, 2.45) is 0 Å². The summed E-state index contributed by atoms with van der Waals surface area (Å²) < 4.78 is 6.94. The Morgan fingerprint density at radius 1 is 0.357 bits per heavy atom. The third-order valence-electron chi connectivity index (χ3n) is 6.39. The van der Waals surface area contributed by atoms with Crippen molar-refractivity contribution in [3.05, 3.63) is 0 Å². The van der Waals surface area contributed by atoms with Crippen molar-refractivity contribution >= 4 is 43.5 Å². The first kappa shape index (κ1) is 28.3. The van der Waals surface area contributed by atoms with E-state index < -0.39 is 31.2 Å². The molecule has 1 aliphatic rings. The Bertz CT molecular complexity index is 297. The average molecular weight is 642 g/mol. The van der Waals surface area contributed by atoms with Gasteiger partial charge in [-0.1, -0.05) is 0 Å². The molecule has 0 bridgehead atoms. The van der Waals surface area contributed by atoms with Gasteiger partial charge < -0.3 is 0 Å². The van der Waals surface area contributed by atoms with Crippen LogP contribution in [0.25, 0.3) is 0 Å². The fourth-order valence-corrected chi connectivity index (χ4v) is 244. The van der Waals surface area contributed by atoms with E-state index in [4.69, 9.17) is 0 Å². The van der Waals surface area contributed by atoms with Gasteiger partial charge in [0.05, 0.1) is 0 Å². The van der Waals surface area contributed by atoms with E-state index in [1.165, 1.54) is 77.0 Å². The van der Waals surface area contributed by atoms with Crippen molar-refractivity contribution in [2.75, 3.05) is 0 Å². The molecule has 0 unspecified atom stereocenters. The Balaban J connectivity index is 2.58. The van der Waals surface area contributed by atoms with Crippen LogP contribution in [0.2, 0.25) is 17.7 Å². The van der Waals surface area contributed by atoms with Gasteiger partial charge in [-0.15, -0.1) is 0 Å². The molecule has 0 aromatic carbocycles. The molecule has 0 nitrogen and oxygen atoms in total. The maximum atomic E-state index is 2.88. The van der Waals surface area contributed by atoms with Crippen molar-refractivity contribution in [1.29, 1.82) is 0 Å². The fraction of sp³-hybridized carbons (Fsp3) is 1.00. The van der Waals surface area contributed by atoms with Gasteiger partial charge >= 0.3 is 192 Å². The molecule has 0 aliphatic carbocycles. The third kappa shape index (κ3) is 11.8. The molecule has 168 valence electrons. The Morgan fingerprint density at radius 2 is 0.607 bits per heavy atom. The van der Waals surface area contributed by atoms with E-state index in [-0.39, 0.29) is 0 Å². The molecule has 0 N–H and O–H groups in total. The van der Waals surface area contributed by atoms with Crippen LogP contribution < -0.4 is 0 Å². The number of rotatable bonds is 20. The molecule has 0 saturated carbocycles. The van der Waals surface area contributed by atoms with Crippen LogP contribution >= 0.6 is 12.3 Å². The quantitative estimate of drug-likeness (QED) is 0.0958. The Labute approximate surface area is 189 Å². The molecular weight excluding hydrogens is 590 g/mol. The summed E-state index contributed by atoms with van der Waals surface area (Å²) >= 11 is -3.68. The summed E-state index contributed by atoms with van der Waals surface area (Å²) in [7, 11) is 0. The van der Waals surface area contributed by atoms with Gasteiger partial charge in [0.15, 0.2) is 0 Å². The van der Waals surface area contributed by atoms with Crippen molar-refractivity contribution in [2.45, 2.75) is 148 Å². The standard InChI is InChI=1S/4C6H13.2S.2Sn/c4*1-3-5-6-4-2;;;;/h4*1,3-6H2,2H3;;;;. The van der Waals surface area contributed by atoms with Crippen LogP contribution in [0.15, 0.2) is 0 Å². The van der Waals surface area contributed by atoms with E-state index in [1.807, 2.05) is 0 Å². The molecule has 0 aromatic rings. The van der Waals surface area contributed by atoms with Crippen LogP contribution in [0, 0.1) is 0 Å². The topological polar surface area (TPSA) is 0 Å². The molecule has 4 heteroatoms. The molecular formula is C24H52S2Sn2. The van der Waals surface area contributed by atoms with Gasteiger partial charge in [0.25, 0.3) is 0 Å². The third-order valence-corrected chi connectivity index (χ3v) is 175. The second kappa shape index (κ2) is 17.8. The predicted molar refractivity (Wildman–Crippen MR) is 142 cm³/mol. The maximum absolute atomic E-state index is 2.88. The van der Waals surface area contributed by atoms with Gasteiger partial charge in [-0.2, -0.15) is 0 Å². The molecule has 0 atom stereocenters. The fourth-order valence-electron chi connectivity index (χ4n) is 4.63. The number of hydrogen-bond acceptors (Lipinski definition) is 2. The van der Waals surface area contributed by atoms with E-state index in [1.54, 1.807) is 43.4 Å². The molecule has 1 heterocycles. The Hall–Kier alpha value is 2.30. The van der Waals surface area contributed by atoms with E-state index in [2.05, 4.69) is 40.0 Å². The number of unbranched alkanes of at least 4 members (excludes halogenated alkanes) is 12. The minimum atomic E-state index is -1.84. The normalized spacial score (nSPS) is 17.6. The van der Waals surface area contributed by atoms with Crippen molar-refractivity contribution in [3.63, 3.8) is 0 Å². The molecule has 1 aliphatic heterocycles.